The Labute approximate surface area is 98.6 Å². The average molecular weight is 234 g/mol. The predicted molar refractivity (Wildman–Crippen MR) is 62.0 cm³/mol. The second-order valence-corrected chi connectivity index (χ2v) is 4.05. The van der Waals surface area contributed by atoms with Gasteiger partial charge in [-0.3, -0.25) is 9.59 Å². The molecule has 90 valence electrons. The molecule has 4 N–H and O–H groups in total. The van der Waals surface area contributed by atoms with Crippen molar-refractivity contribution in [2.45, 2.75) is 18.9 Å². The molecule has 1 aromatic rings. The van der Waals surface area contributed by atoms with Crippen LogP contribution in [-0.4, -0.2) is 29.4 Å². The Morgan fingerprint density at radius 2 is 2.06 bits per heavy atom. The van der Waals surface area contributed by atoms with Crippen molar-refractivity contribution >= 4 is 11.7 Å². The summed E-state index contributed by atoms with van der Waals surface area (Å²) in [5.41, 5.74) is 5.98. The number of phenols is 1. The normalized spacial score (nSPS) is 18.8. The van der Waals surface area contributed by atoms with Crippen LogP contribution in [0.4, 0.5) is 0 Å². The Bertz CT molecular complexity index is 471. The van der Waals surface area contributed by atoms with Gasteiger partial charge in [-0.2, -0.15) is 0 Å². The maximum Gasteiger partial charge on any atom is 0.252 e. The summed E-state index contributed by atoms with van der Waals surface area (Å²) in [4.78, 5) is 23.8. The summed E-state index contributed by atoms with van der Waals surface area (Å²) in [6.07, 6.45) is 1.20. The maximum absolute atomic E-state index is 12.1. The molecule has 1 heterocycles. The molecule has 0 saturated heterocycles. The number of nitrogens with two attached hydrogens (primary N) is 1. The lowest BCUT2D eigenvalue weighted by molar-refractivity contribution is 0.0822. The Morgan fingerprint density at radius 3 is 2.76 bits per heavy atom. The van der Waals surface area contributed by atoms with Gasteiger partial charge in [-0.25, -0.2) is 0 Å². The van der Waals surface area contributed by atoms with Gasteiger partial charge in [0.2, 0.25) is 0 Å². The van der Waals surface area contributed by atoms with E-state index in [1.165, 1.54) is 18.2 Å². The molecule has 0 radical (unpaired) electrons. The van der Waals surface area contributed by atoms with Gasteiger partial charge in [0.1, 0.15) is 5.75 Å². The fourth-order valence-electron chi connectivity index (χ4n) is 1.95. The SMILES string of the molecule is NCCC[C@@H]1NC(=O)c2ccc(O)cc2C1=O. The van der Waals surface area contributed by atoms with Gasteiger partial charge >= 0.3 is 0 Å². The molecule has 0 saturated carbocycles. The largest absolute Gasteiger partial charge is 0.508 e. The highest BCUT2D eigenvalue weighted by atomic mass is 16.3. The predicted octanol–water partition coefficient (Wildman–Crippen LogP) is 0.426. The van der Waals surface area contributed by atoms with Crippen LogP contribution in [0.25, 0.3) is 0 Å². The van der Waals surface area contributed by atoms with Crippen molar-refractivity contribution in [1.82, 2.24) is 5.32 Å². The van der Waals surface area contributed by atoms with E-state index >= 15 is 0 Å². The summed E-state index contributed by atoms with van der Waals surface area (Å²) in [5, 5.41) is 12.0. The minimum atomic E-state index is -0.527. The summed E-state index contributed by atoms with van der Waals surface area (Å²) in [7, 11) is 0. The fraction of sp³-hybridized carbons (Fsp3) is 0.333. The van der Waals surface area contributed by atoms with Crippen molar-refractivity contribution in [2.75, 3.05) is 6.54 Å². The van der Waals surface area contributed by atoms with E-state index in [-0.39, 0.29) is 23.0 Å². The molecule has 1 aliphatic heterocycles. The van der Waals surface area contributed by atoms with Crippen molar-refractivity contribution in [3.05, 3.63) is 29.3 Å². The zero-order chi connectivity index (χ0) is 12.4. The molecule has 1 aliphatic rings. The Balaban J connectivity index is 2.32. The molecule has 5 nitrogen and oxygen atoms in total. The number of hydrogen-bond acceptors (Lipinski definition) is 4. The van der Waals surface area contributed by atoms with E-state index in [1.54, 1.807) is 0 Å². The minimum Gasteiger partial charge on any atom is -0.508 e. The first-order chi connectivity index (χ1) is 8.13. The number of phenolic OH excluding ortho intramolecular Hbond substituents is 1. The van der Waals surface area contributed by atoms with Crippen molar-refractivity contribution in [2.24, 2.45) is 5.73 Å². The molecule has 0 aromatic heterocycles. The summed E-state index contributed by atoms with van der Waals surface area (Å²) in [5.74, 6) is -0.449. The van der Waals surface area contributed by atoms with Gasteiger partial charge in [-0.05, 0) is 37.6 Å². The molecule has 0 unspecified atom stereocenters. The number of carbonyl (C=O) groups excluding carboxylic acids is 2. The van der Waals surface area contributed by atoms with Gasteiger partial charge in [0.25, 0.3) is 5.91 Å². The molecule has 5 heteroatoms. The zero-order valence-corrected chi connectivity index (χ0v) is 9.27. The topological polar surface area (TPSA) is 92.4 Å². The summed E-state index contributed by atoms with van der Waals surface area (Å²) < 4.78 is 0. The Kier molecular flexibility index (Phi) is 3.10. The number of fused-ring (bicyclic) bond motifs is 1. The molecular formula is C12H14N2O3. The maximum atomic E-state index is 12.1. The third kappa shape index (κ3) is 2.14. The van der Waals surface area contributed by atoms with E-state index < -0.39 is 6.04 Å². The lowest BCUT2D eigenvalue weighted by Crippen LogP contribution is -2.46. The van der Waals surface area contributed by atoms with E-state index in [1.807, 2.05) is 0 Å². The third-order valence-corrected chi connectivity index (χ3v) is 2.83. The third-order valence-electron chi connectivity index (χ3n) is 2.83. The summed E-state index contributed by atoms with van der Waals surface area (Å²) in [6, 6.07) is 3.66. The van der Waals surface area contributed by atoms with Gasteiger partial charge in [0.15, 0.2) is 5.78 Å². The van der Waals surface area contributed by atoms with Crippen LogP contribution in [0.15, 0.2) is 18.2 Å². The summed E-state index contributed by atoms with van der Waals surface area (Å²) >= 11 is 0. The second kappa shape index (κ2) is 4.55. The van der Waals surface area contributed by atoms with Gasteiger partial charge in [-0.1, -0.05) is 0 Å². The molecule has 17 heavy (non-hydrogen) atoms. The number of benzene rings is 1. The number of nitrogens with one attached hydrogen (secondary N) is 1. The van der Waals surface area contributed by atoms with E-state index in [0.717, 1.165) is 0 Å². The fourth-order valence-corrected chi connectivity index (χ4v) is 1.95. The number of ketones is 1. The molecule has 0 aliphatic carbocycles. The van der Waals surface area contributed by atoms with Crippen LogP contribution in [0, 0.1) is 0 Å². The molecule has 0 spiro atoms. The van der Waals surface area contributed by atoms with Crippen LogP contribution in [0.5, 0.6) is 5.75 Å². The highest BCUT2D eigenvalue weighted by molar-refractivity contribution is 6.15. The highest BCUT2D eigenvalue weighted by Crippen LogP contribution is 2.23. The number of Topliss-reactive ketones (excluding diaryl/α,β-unsaturated/α-hetero) is 1. The van der Waals surface area contributed by atoms with E-state index in [2.05, 4.69) is 5.32 Å². The van der Waals surface area contributed by atoms with Gasteiger partial charge in [0.05, 0.1) is 11.6 Å². The molecule has 1 atom stereocenters. The lowest BCUT2D eigenvalue weighted by atomic mass is 9.91. The summed E-state index contributed by atoms with van der Waals surface area (Å²) in [6.45, 7) is 0.479. The van der Waals surface area contributed by atoms with Gasteiger partial charge in [0, 0.05) is 5.56 Å². The number of rotatable bonds is 3. The van der Waals surface area contributed by atoms with E-state index in [9.17, 15) is 14.7 Å². The van der Waals surface area contributed by atoms with Crippen LogP contribution in [-0.2, 0) is 0 Å². The van der Waals surface area contributed by atoms with Crippen molar-refractivity contribution in [1.29, 1.82) is 0 Å². The molecule has 0 bridgehead atoms. The second-order valence-electron chi connectivity index (χ2n) is 4.05. The molecule has 0 fully saturated rings. The van der Waals surface area contributed by atoms with Crippen LogP contribution < -0.4 is 11.1 Å². The first-order valence-corrected chi connectivity index (χ1v) is 5.51. The number of hydrogen-bond donors (Lipinski definition) is 3. The van der Waals surface area contributed by atoms with Gasteiger partial charge in [-0.15, -0.1) is 0 Å². The highest BCUT2D eigenvalue weighted by Gasteiger charge is 2.31. The van der Waals surface area contributed by atoms with Crippen molar-refractivity contribution < 1.29 is 14.7 Å². The minimum absolute atomic E-state index is 0.00984. The smallest absolute Gasteiger partial charge is 0.252 e. The number of aromatic hydroxyl groups is 1. The number of amides is 1. The monoisotopic (exact) mass is 234 g/mol. The van der Waals surface area contributed by atoms with Gasteiger partial charge < -0.3 is 16.2 Å². The van der Waals surface area contributed by atoms with E-state index in [4.69, 9.17) is 5.73 Å². The molecule has 1 amide bonds. The van der Waals surface area contributed by atoms with E-state index in [0.29, 0.717) is 24.9 Å². The van der Waals surface area contributed by atoms with Crippen LogP contribution in [0.2, 0.25) is 0 Å². The number of carbonyl (C=O) groups is 2. The lowest BCUT2D eigenvalue weighted by Gasteiger charge is -2.24. The molecular weight excluding hydrogens is 220 g/mol. The Morgan fingerprint density at radius 1 is 1.29 bits per heavy atom. The van der Waals surface area contributed by atoms with Crippen LogP contribution in [0.3, 0.4) is 0 Å². The van der Waals surface area contributed by atoms with Crippen molar-refractivity contribution in [3.63, 3.8) is 0 Å². The average Bonchev–Trinajstić information content (AvgIpc) is 2.32. The molecule has 1 aromatic carbocycles. The zero-order valence-electron chi connectivity index (χ0n) is 9.27. The standard InChI is InChI=1S/C12H14N2O3/c13-5-1-2-10-11(16)9-6-7(15)3-4-8(9)12(17)14-10/h3-4,6,10,15H,1-2,5,13H2,(H,14,17)/t10-/m0/s1. The quantitative estimate of drug-likeness (QED) is 0.707. The molecule has 2 rings (SSSR count). The van der Waals surface area contributed by atoms with Crippen LogP contribution in [0.1, 0.15) is 33.6 Å². The van der Waals surface area contributed by atoms with Crippen LogP contribution >= 0.6 is 0 Å². The first-order valence-electron chi connectivity index (χ1n) is 5.51. The first kappa shape index (κ1) is 11.6. The van der Waals surface area contributed by atoms with Crippen molar-refractivity contribution in [3.8, 4) is 5.75 Å². The Hall–Kier alpha value is -1.88.